The third-order valence-corrected chi connectivity index (χ3v) is 3.28. The van der Waals surface area contributed by atoms with E-state index in [0.29, 0.717) is 12.8 Å². The van der Waals surface area contributed by atoms with Crippen LogP contribution >= 0.6 is 0 Å². The third kappa shape index (κ3) is 3.69. The molecule has 2 unspecified atom stereocenters. The van der Waals surface area contributed by atoms with Gasteiger partial charge in [-0.15, -0.1) is 0 Å². The minimum Gasteiger partial charge on any atom is -0.448 e. The molecule has 0 amide bonds. The molecule has 2 bridgehead atoms. The van der Waals surface area contributed by atoms with E-state index in [-0.39, 0.29) is 69.6 Å². The molecule has 2 aliphatic rings. The van der Waals surface area contributed by atoms with Crippen molar-refractivity contribution in [3.63, 3.8) is 0 Å². The second kappa shape index (κ2) is 5.37. The predicted octanol–water partition coefficient (Wildman–Crippen LogP) is -1.64. The number of rotatable bonds is 2. The summed E-state index contributed by atoms with van der Waals surface area (Å²) in [4.78, 5) is 1.55. The van der Waals surface area contributed by atoms with Gasteiger partial charge >= 0.3 is 58.4 Å². The summed E-state index contributed by atoms with van der Waals surface area (Å²) in [6.45, 7) is -4.72. The summed E-state index contributed by atoms with van der Waals surface area (Å²) in [5, 5.41) is 9.40. The summed E-state index contributed by atoms with van der Waals surface area (Å²) >= 11 is 0. The van der Waals surface area contributed by atoms with Gasteiger partial charge in [0.05, 0.1) is 6.10 Å². The van der Waals surface area contributed by atoms with Crippen LogP contribution in [0.3, 0.4) is 0 Å². The van der Waals surface area contributed by atoms with E-state index < -0.39 is 13.4 Å². The fraction of sp³-hybridized carbons (Fsp3) is 1.00. The van der Waals surface area contributed by atoms with E-state index in [0.717, 1.165) is 12.8 Å². The van der Waals surface area contributed by atoms with Crippen LogP contribution < -0.4 is 51.4 Å². The molecule has 2 heterocycles. The molecule has 2 nitrogen and oxygen atoms in total. The van der Waals surface area contributed by atoms with Crippen molar-refractivity contribution in [2.24, 2.45) is 0 Å². The summed E-state index contributed by atoms with van der Waals surface area (Å²) in [5.41, 5.74) is 0. The molecule has 2 atom stereocenters. The van der Waals surface area contributed by atoms with Gasteiger partial charge in [-0.2, -0.15) is 0 Å². The molecule has 0 aromatic heterocycles. The first-order valence-electron chi connectivity index (χ1n) is 5.10. The van der Waals surface area contributed by atoms with Gasteiger partial charge < -0.3 is 23.0 Å². The smallest absolute Gasteiger partial charge is 0.448 e. The predicted molar refractivity (Wildman–Crippen MR) is 47.8 cm³/mol. The molecule has 0 aromatic carbocycles. The van der Waals surface area contributed by atoms with E-state index in [9.17, 15) is 18.1 Å². The number of hydrogen-bond acceptors (Lipinski definition) is 2. The molecule has 2 aliphatic heterocycles. The number of aliphatic hydroxyl groups is 1. The van der Waals surface area contributed by atoms with Gasteiger partial charge in [-0.1, -0.05) is 0 Å². The molecule has 1 N–H and O–H groups in total. The summed E-state index contributed by atoms with van der Waals surface area (Å²) in [5.74, 6) is 0. The Labute approximate surface area is 130 Å². The first-order chi connectivity index (χ1) is 6.46. The van der Waals surface area contributed by atoms with E-state index in [2.05, 4.69) is 0 Å². The molecular weight excluding hydrogens is 233 g/mol. The standard InChI is InChI=1S/C8H14BF3NO.K/c10-9(11,12)5-13-6-1-2-7(13)4-8(14)3-6;/h6-8,14H,1-5H2;/q-1;+1. The molecule has 0 aliphatic carbocycles. The molecule has 0 spiro atoms. The van der Waals surface area contributed by atoms with Crippen LogP contribution in [0.25, 0.3) is 0 Å². The van der Waals surface area contributed by atoms with Gasteiger partial charge in [-0.25, -0.2) is 0 Å². The minimum absolute atomic E-state index is 0. The van der Waals surface area contributed by atoms with Crippen LogP contribution in [0.4, 0.5) is 12.9 Å². The van der Waals surface area contributed by atoms with Crippen LogP contribution in [0.1, 0.15) is 25.7 Å². The average Bonchev–Trinajstić information content (AvgIpc) is 2.31. The topological polar surface area (TPSA) is 23.5 Å². The number of hydrogen-bond donors (Lipinski definition) is 1. The SMILES string of the molecule is OC1CC2CCC(C1)N2C[B-](F)(F)F.[K+]. The van der Waals surface area contributed by atoms with Crippen LogP contribution in [0.5, 0.6) is 0 Å². The van der Waals surface area contributed by atoms with Crippen LogP contribution in [0, 0.1) is 0 Å². The van der Waals surface area contributed by atoms with Crippen molar-refractivity contribution < 1.29 is 69.4 Å². The quantitative estimate of drug-likeness (QED) is 0.592. The maximum atomic E-state index is 12.3. The molecule has 2 fully saturated rings. The molecule has 15 heavy (non-hydrogen) atoms. The Kier molecular flexibility index (Phi) is 5.18. The van der Waals surface area contributed by atoms with Crippen LogP contribution in [0.15, 0.2) is 0 Å². The average molecular weight is 247 g/mol. The molecular formula is C8H14BF3KNO. The van der Waals surface area contributed by atoms with E-state index in [1.165, 1.54) is 0 Å². The normalized spacial score (nSPS) is 36.4. The van der Waals surface area contributed by atoms with Gasteiger partial charge in [0.25, 0.3) is 0 Å². The van der Waals surface area contributed by atoms with Gasteiger partial charge in [0.1, 0.15) is 0 Å². The van der Waals surface area contributed by atoms with E-state index in [1.807, 2.05) is 0 Å². The van der Waals surface area contributed by atoms with Crippen molar-refractivity contribution in [2.45, 2.75) is 43.9 Å². The van der Waals surface area contributed by atoms with Crippen molar-refractivity contribution in [3.8, 4) is 0 Å². The Morgan fingerprint density at radius 3 is 2.00 bits per heavy atom. The number of piperidine rings is 1. The summed E-state index contributed by atoms with van der Waals surface area (Å²) in [6, 6.07) is -0.0699. The fourth-order valence-corrected chi connectivity index (χ4v) is 2.78. The summed E-state index contributed by atoms with van der Waals surface area (Å²) < 4.78 is 36.8. The van der Waals surface area contributed by atoms with Crippen molar-refractivity contribution in [2.75, 3.05) is 6.44 Å². The van der Waals surface area contributed by atoms with Gasteiger partial charge in [-0.05, 0) is 32.1 Å². The van der Waals surface area contributed by atoms with Crippen LogP contribution in [-0.4, -0.2) is 41.6 Å². The van der Waals surface area contributed by atoms with E-state index >= 15 is 0 Å². The van der Waals surface area contributed by atoms with Crippen LogP contribution in [-0.2, 0) is 0 Å². The molecule has 82 valence electrons. The van der Waals surface area contributed by atoms with Gasteiger partial charge in [0.15, 0.2) is 0 Å². The third-order valence-electron chi connectivity index (χ3n) is 3.28. The second-order valence-corrected chi connectivity index (χ2v) is 4.42. The number of halogens is 3. The maximum Gasteiger partial charge on any atom is 1.00 e. The number of aliphatic hydroxyl groups excluding tert-OH is 1. The van der Waals surface area contributed by atoms with Gasteiger partial charge in [0.2, 0.25) is 0 Å². The van der Waals surface area contributed by atoms with Gasteiger partial charge in [0, 0.05) is 12.1 Å². The van der Waals surface area contributed by atoms with Crippen molar-refractivity contribution >= 4 is 6.98 Å². The minimum atomic E-state index is -4.72. The fourth-order valence-electron chi connectivity index (χ4n) is 2.78. The van der Waals surface area contributed by atoms with Crippen molar-refractivity contribution in [3.05, 3.63) is 0 Å². The Hall–Kier alpha value is 1.41. The molecule has 0 aromatic rings. The number of nitrogens with zero attached hydrogens (tertiary/aromatic N) is 1. The van der Waals surface area contributed by atoms with Gasteiger partial charge in [-0.3, -0.25) is 0 Å². The largest absolute Gasteiger partial charge is 1.00 e. The molecule has 2 rings (SSSR count). The Bertz CT molecular complexity index is 214. The van der Waals surface area contributed by atoms with Crippen molar-refractivity contribution in [1.29, 1.82) is 0 Å². The molecule has 2 saturated heterocycles. The summed E-state index contributed by atoms with van der Waals surface area (Å²) in [7, 11) is 0. The Balaban J connectivity index is 0.00000112. The monoisotopic (exact) mass is 247 g/mol. The van der Waals surface area contributed by atoms with Crippen LogP contribution in [0.2, 0.25) is 0 Å². The van der Waals surface area contributed by atoms with Crippen molar-refractivity contribution in [1.82, 2.24) is 4.90 Å². The Morgan fingerprint density at radius 2 is 1.60 bits per heavy atom. The molecule has 7 heteroatoms. The number of fused-ring (bicyclic) bond motifs is 2. The first-order valence-corrected chi connectivity index (χ1v) is 5.10. The van der Waals surface area contributed by atoms with E-state index in [4.69, 9.17) is 0 Å². The first kappa shape index (κ1) is 14.5. The second-order valence-electron chi connectivity index (χ2n) is 4.42. The zero-order chi connectivity index (χ0) is 10.3. The molecule has 0 saturated carbocycles. The molecule has 0 radical (unpaired) electrons. The zero-order valence-electron chi connectivity index (χ0n) is 8.87. The summed E-state index contributed by atoms with van der Waals surface area (Å²) in [6.07, 6.45) is 1.53. The van der Waals surface area contributed by atoms with E-state index in [1.54, 1.807) is 4.90 Å². The zero-order valence-corrected chi connectivity index (χ0v) is 12.0. The maximum absolute atomic E-state index is 12.3. The Morgan fingerprint density at radius 1 is 1.13 bits per heavy atom.